The van der Waals surface area contributed by atoms with Crippen LogP contribution in [0.25, 0.3) is 0 Å². The van der Waals surface area contributed by atoms with Gasteiger partial charge in [-0.2, -0.15) is 0 Å². The van der Waals surface area contributed by atoms with Crippen LogP contribution < -0.4 is 10.2 Å². The number of nitrogens with one attached hydrogen (secondary N) is 1. The van der Waals surface area contributed by atoms with E-state index in [1.54, 1.807) is 6.08 Å². The largest absolute Gasteiger partial charge is 0.756 e. The fourth-order valence-electron chi connectivity index (χ4n) is 1.01. The Hall–Kier alpha value is -0.230. The van der Waals surface area contributed by atoms with Crippen molar-refractivity contribution in [1.82, 2.24) is 5.32 Å². The van der Waals surface area contributed by atoms with Gasteiger partial charge in [-0.05, 0) is 0 Å². The Morgan fingerprint density at radius 3 is 2.53 bits per heavy atom. The average molecular weight is 238 g/mol. The lowest BCUT2D eigenvalue weighted by atomic mass is 10.4. The molecule has 0 heterocycles. The van der Waals surface area contributed by atoms with E-state index in [9.17, 15) is 9.46 Å². The maximum absolute atomic E-state index is 10.6. The standard InChI is InChI=1S/C8H19N2O4P/c1-5-6-9-8(7-10(2,3)4)14-15(11,12)13/h5,8-9H,1,6-7H2,2-4H3,(H-,11,12,13). The predicted molar refractivity (Wildman–Crippen MR) is 55.8 cm³/mol. The Kier molecular flexibility index (Phi) is 5.66. The second-order valence-electron chi connectivity index (χ2n) is 4.23. The molecule has 0 aliphatic rings. The highest BCUT2D eigenvalue weighted by Crippen LogP contribution is 2.32. The molecule has 90 valence electrons. The number of hydrogen-bond acceptors (Lipinski definition) is 4. The number of rotatable bonds is 7. The fourth-order valence-corrected chi connectivity index (χ4v) is 1.47. The van der Waals surface area contributed by atoms with Gasteiger partial charge < -0.3 is 14.3 Å². The van der Waals surface area contributed by atoms with E-state index in [0.717, 1.165) is 0 Å². The van der Waals surface area contributed by atoms with Crippen LogP contribution in [0.5, 0.6) is 0 Å². The van der Waals surface area contributed by atoms with Gasteiger partial charge in [0.15, 0.2) is 6.23 Å². The maximum atomic E-state index is 10.6. The molecule has 0 aromatic heterocycles. The summed E-state index contributed by atoms with van der Waals surface area (Å²) in [5, 5.41) is 2.79. The van der Waals surface area contributed by atoms with Crippen LogP contribution in [0, 0.1) is 0 Å². The van der Waals surface area contributed by atoms with Crippen molar-refractivity contribution in [3.8, 4) is 0 Å². The molecule has 15 heavy (non-hydrogen) atoms. The normalized spacial score (nSPS) is 18.2. The molecular weight excluding hydrogens is 219 g/mol. The van der Waals surface area contributed by atoms with Crippen LogP contribution in [0.2, 0.25) is 0 Å². The van der Waals surface area contributed by atoms with Crippen LogP contribution in [0.4, 0.5) is 0 Å². The molecule has 0 saturated heterocycles. The molecule has 7 heteroatoms. The van der Waals surface area contributed by atoms with Crippen LogP contribution in [-0.2, 0) is 9.09 Å². The van der Waals surface area contributed by atoms with Gasteiger partial charge in [-0.15, -0.1) is 6.58 Å². The van der Waals surface area contributed by atoms with Gasteiger partial charge in [0.2, 0.25) is 0 Å². The van der Waals surface area contributed by atoms with Gasteiger partial charge in [-0.25, -0.2) is 0 Å². The van der Waals surface area contributed by atoms with Gasteiger partial charge in [-0.1, -0.05) is 6.08 Å². The fraction of sp³-hybridized carbons (Fsp3) is 0.750. The third-order valence-corrected chi connectivity index (χ3v) is 1.98. The Morgan fingerprint density at radius 1 is 1.67 bits per heavy atom. The highest BCUT2D eigenvalue weighted by molar-refractivity contribution is 7.44. The van der Waals surface area contributed by atoms with Crippen LogP contribution in [-0.4, -0.2) is 49.8 Å². The highest BCUT2D eigenvalue weighted by Gasteiger charge is 2.21. The lowest BCUT2D eigenvalue weighted by Gasteiger charge is -2.31. The number of phosphoric acid groups is 1. The second-order valence-corrected chi connectivity index (χ2v) is 5.38. The molecule has 0 bridgehead atoms. The topological polar surface area (TPSA) is 81.6 Å². The summed E-state index contributed by atoms with van der Waals surface area (Å²) in [5.41, 5.74) is 0. The molecule has 6 nitrogen and oxygen atoms in total. The van der Waals surface area contributed by atoms with Crippen LogP contribution >= 0.6 is 7.82 Å². The van der Waals surface area contributed by atoms with E-state index in [4.69, 9.17) is 4.89 Å². The monoisotopic (exact) mass is 238 g/mol. The van der Waals surface area contributed by atoms with Crippen molar-refractivity contribution >= 4 is 7.82 Å². The van der Waals surface area contributed by atoms with Gasteiger partial charge >= 0.3 is 0 Å². The van der Waals surface area contributed by atoms with Gasteiger partial charge in [0.1, 0.15) is 6.54 Å². The van der Waals surface area contributed by atoms with Crippen LogP contribution in [0.3, 0.4) is 0 Å². The predicted octanol–water partition coefficient (Wildman–Crippen LogP) is -0.728. The minimum absolute atomic E-state index is 0.403. The molecule has 0 aliphatic carbocycles. The van der Waals surface area contributed by atoms with Crippen molar-refractivity contribution in [3.05, 3.63) is 12.7 Å². The number of likely N-dealkylation sites (N-methyl/N-ethyl adjacent to an activating group) is 1. The minimum atomic E-state index is -4.70. The minimum Gasteiger partial charge on any atom is -0.756 e. The molecule has 0 rings (SSSR count). The smallest absolute Gasteiger partial charge is 0.267 e. The first-order chi connectivity index (χ1) is 6.64. The molecule has 0 spiro atoms. The maximum Gasteiger partial charge on any atom is 0.267 e. The Morgan fingerprint density at radius 2 is 2.20 bits per heavy atom. The Balaban J connectivity index is 4.31. The van der Waals surface area contributed by atoms with E-state index in [1.807, 2.05) is 21.1 Å². The van der Waals surface area contributed by atoms with E-state index in [0.29, 0.717) is 17.6 Å². The molecule has 0 aromatic rings. The van der Waals surface area contributed by atoms with E-state index in [-0.39, 0.29) is 0 Å². The number of nitrogens with zero attached hydrogens (tertiary/aromatic N) is 1. The van der Waals surface area contributed by atoms with Gasteiger partial charge in [0.25, 0.3) is 7.82 Å². The van der Waals surface area contributed by atoms with Crippen LogP contribution in [0.1, 0.15) is 0 Å². The number of phosphoric ester groups is 1. The van der Waals surface area contributed by atoms with Crippen molar-refractivity contribution in [1.29, 1.82) is 0 Å². The summed E-state index contributed by atoms with van der Waals surface area (Å²) in [6, 6.07) is 0. The van der Waals surface area contributed by atoms with Crippen molar-refractivity contribution in [2.24, 2.45) is 0 Å². The summed E-state index contributed by atoms with van der Waals surface area (Å²) in [4.78, 5) is 19.2. The number of hydrogen-bond donors (Lipinski definition) is 2. The van der Waals surface area contributed by atoms with Crippen molar-refractivity contribution < 1.29 is 23.4 Å². The molecule has 2 unspecified atom stereocenters. The summed E-state index contributed by atoms with van der Waals surface area (Å²) in [7, 11) is 0.959. The molecule has 0 saturated carbocycles. The van der Waals surface area contributed by atoms with Crippen LogP contribution in [0.15, 0.2) is 12.7 Å². The number of quaternary nitrogens is 1. The van der Waals surface area contributed by atoms with E-state index in [1.165, 1.54) is 0 Å². The second kappa shape index (κ2) is 5.75. The zero-order valence-corrected chi connectivity index (χ0v) is 10.2. The van der Waals surface area contributed by atoms with E-state index < -0.39 is 14.1 Å². The molecule has 0 aromatic carbocycles. The summed E-state index contributed by atoms with van der Waals surface area (Å²) < 4.78 is 15.6. The third-order valence-electron chi connectivity index (χ3n) is 1.46. The van der Waals surface area contributed by atoms with Crippen molar-refractivity contribution in [2.75, 3.05) is 34.2 Å². The van der Waals surface area contributed by atoms with E-state index in [2.05, 4.69) is 16.4 Å². The summed E-state index contributed by atoms with van der Waals surface area (Å²) in [6.45, 7) is 4.30. The lowest BCUT2D eigenvalue weighted by Crippen LogP contribution is -2.48. The summed E-state index contributed by atoms with van der Waals surface area (Å²) in [6.07, 6.45) is 0.829. The van der Waals surface area contributed by atoms with Crippen molar-refractivity contribution in [2.45, 2.75) is 6.23 Å². The molecule has 0 aliphatic heterocycles. The quantitative estimate of drug-likeness (QED) is 0.264. The first kappa shape index (κ1) is 14.8. The lowest BCUT2D eigenvalue weighted by molar-refractivity contribution is -0.873. The zero-order chi connectivity index (χ0) is 12.1. The first-order valence-corrected chi connectivity index (χ1v) is 6.00. The average Bonchev–Trinajstić information content (AvgIpc) is 1.94. The van der Waals surface area contributed by atoms with Gasteiger partial charge in [0, 0.05) is 6.54 Å². The SMILES string of the molecule is C=CCNC(C[N+](C)(C)C)OP(=O)([O-])O. The molecule has 0 amide bonds. The summed E-state index contributed by atoms with van der Waals surface area (Å²) in [5.74, 6) is 0. The van der Waals surface area contributed by atoms with Crippen molar-refractivity contribution in [3.63, 3.8) is 0 Å². The Bertz CT molecular complexity index is 246. The van der Waals surface area contributed by atoms with E-state index >= 15 is 0 Å². The highest BCUT2D eigenvalue weighted by atomic mass is 31.2. The molecule has 2 N–H and O–H groups in total. The van der Waals surface area contributed by atoms with Gasteiger partial charge in [-0.3, -0.25) is 14.4 Å². The molecule has 2 atom stereocenters. The molecule has 0 radical (unpaired) electrons. The summed E-state index contributed by atoms with van der Waals surface area (Å²) >= 11 is 0. The third kappa shape index (κ3) is 10.1. The first-order valence-electron chi connectivity index (χ1n) is 4.51. The molecular formula is C8H19N2O4P. The molecule has 0 fully saturated rings. The van der Waals surface area contributed by atoms with Gasteiger partial charge in [0.05, 0.1) is 21.1 Å². The zero-order valence-electron chi connectivity index (χ0n) is 9.34. The Labute approximate surface area is 90.4 Å².